The van der Waals surface area contributed by atoms with Gasteiger partial charge in [-0.05, 0) is 35.9 Å². The van der Waals surface area contributed by atoms with Crippen molar-refractivity contribution in [3.63, 3.8) is 0 Å². The van der Waals surface area contributed by atoms with Crippen LogP contribution in [0.1, 0.15) is 5.56 Å². The number of anilines is 2. The lowest BCUT2D eigenvalue weighted by atomic mass is 9.90. The van der Waals surface area contributed by atoms with E-state index in [1.165, 1.54) is 4.57 Å². The third-order valence-electron chi connectivity index (χ3n) is 6.72. The fraction of sp³-hybridized carbons (Fsp3) is 0.207. The van der Waals surface area contributed by atoms with Gasteiger partial charge in [0.1, 0.15) is 5.69 Å². The van der Waals surface area contributed by atoms with E-state index in [-0.39, 0.29) is 18.1 Å². The summed E-state index contributed by atoms with van der Waals surface area (Å²) in [6, 6.07) is 7.29. The van der Waals surface area contributed by atoms with E-state index in [9.17, 15) is 14.7 Å². The predicted molar refractivity (Wildman–Crippen MR) is 148 cm³/mol. The zero-order valence-corrected chi connectivity index (χ0v) is 21.8. The summed E-state index contributed by atoms with van der Waals surface area (Å²) in [6.07, 6.45) is 14.6. The fourth-order valence-electron chi connectivity index (χ4n) is 4.63. The highest BCUT2D eigenvalue weighted by Crippen LogP contribution is 2.36. The SMILES string of the molecule is CN1C=CC(Nc2cc(-c3cccc(N4C=C=C5C=C(N(C)C)C=CC5C4=O)c3CO)cn(C)c2=O)=CN1. The van der Waals surface area contributed by atoms with Gasteiger partial charge in [-0.1, -0.05) is 23.9 Å². The van der Waals surface area contributed by atoms with Crippen LogP contribution in [0.3, 0.4) is 0 Å². The van der Waals surface area contributed by atoms with Gasteiger partial charge in [0.2, 0.25) is 5.91 Å². The number of allylic oxidation sites excluding steroid dienone is 3. The molecule has 2 aliphatic heterocycles. The van der Waals surface area contributed by atoms with Crippen LogP contribution in [0.25, 0.3) is 11.1 Å². The van der Waals surface area contributed by atoms with Crippen molar-refractivity contribution in [2.45, 2.75) is 6.61 Å². The molecule has 1 aliphatic carbocycles. The van der Waals surface area contributed by atoms with Crippen molar-refractivity contribution >= 4 is 17.3 Å². The lowest BCUT2D eigenvalue weighted by Crippen LogP contribution is -2.35. The second-order valence-corrected chi connectivity index (χ2v) is 9.54. The number of carbonyl (C=O) groups excluding carboxylic acids is 1. The molecule has 1 aromatic carbocycles. The molecular weight excluding hydrogens is 480 g/mol. The molecule has 0 saturated carbocycles. The summed E-state index contributed by atoms with van der Waals surface area (Å²) >= 11 is 0. The molecule has 0 radical (unpaired) electrons. The number of nitrogens with one attached hydrogen (secondary N) is 2. The Morgan fingerprint density at radius 3 is 2.71 bits per heavy atom. The van der Waals surface area contributed by atoms with Crippen molar-refractivity contribution < 1.29 is 9.90 Å². The van der Waals surface area contributed by atoms with Gasteiger partial charge in [0.15, 0.2) is 0 Å². The van der Waals surface area contributed by atoms with Crippen LogP contribution >= 0.6 is 0 Å². The lowest BCUT2D eigenvalue weighted by molar-refractivity contribution is -0.119. The molecular formula is C29H30N6O3. The number of aryl methyl sites for hydroxylation is 1. The first-order chi connectivity index (χ1) is 18.3. The number of nitrogens with zero attached hydrogens (tertiary/aromatic N) is 4. The largest absolute Gasteiger partial charge is 0.392 e. The molecule has 1 aromatic heterocycles. The zero-order valence-electron chi connectivity index (χ0n) is 21.8. The molecule has 2 aromatic rings. The summed E-state index contributed by atoms with van der Waals surface area (Å²) in [4.78, 5) is 29.9. The molecule has 5 rings (SSSR count). The maximum atomic E-state index is 13.5. The maximum absolute atomic E-state index is 13.5. The Balaban J connectivity index is 1.55. The number of aliphatic hydroxyl groups is 1. The summed E-state index contributed by atoms with van der Waals surface area (Å²) in [6.45, 7) is -0.291. The van der Waals surface area contributed by atoms with Crippen LogP contribution in [-0.2, 0) is 18.4 Å². The third kappa shape index (κ3) is 4.56. The molecule has 0 saturated heterocycles. The van der Waals surface area contributed by atoms with Crippen LogP contribution in [0.15, 0.2) is 101 Å². The maximum Gasteiger partial charge on any atom is 0.274 e. The Hall–Kier alpha value is -4.72. The number of hydrazine groups is 1. The number of carbonyl (C=O) groups is 1. The molecule has 3 N–H and O–H groups in total. The molecule has 1 unspecified atom stereocenters. The molecule has 9 nitrogen and oxygen atoms in total. The van der Waals surface area contributed by atoms with Gasteiger partial charge in [-0.3, -0.25) is 19.5 Å². The van der Waals surface area contributed by atoms with Crippen LogP contribution in [0.5, 0.6) is 0 Å². The molecule has 194 valence electrons. The van der Waals surface area contributed by atoms with Gasteiger partial charge in [0.05, 0.1) is 30.1 Å². The van der Waals surface area contributed by atoms with E-state index in [4.69, 9.17) is 0 Å². The van der Waals surface area contributed by atoms with Gasteiger partial charge in [-0.2, -0.15) is 0 Å². The summed E-state index contributed by atoms with van der Waals surface area (Å²) in [7, 11) is 7.46. The van der Waals surface area contributed by atoms with Gasteiger partial charge in [0, 0.05) is 69.2 Å². The number of pyridine rings is 1. The first kappa shape index (κ1) is 25.0. The van der Waals surface area contributed by atoms with Crippen molar-refractivity contribution in [3.8, 4) is 11.1 Å². The number of benzene rings is 1. The Labute approximate surface area is 221 Å². The minimum Gasteiger partial charge on any atom is -0.392 e. The number of rotatable bonds is 6. The van der Waals surface area contributed by atoms with Crippen molar-refractivity contribution in [3.05, 3.63) is 112 Å². The Morgan fingerprint density at radius 1 is 1.18 bits per heavy atom. The fourth-order valence-corrected chi connectivity index (χ4v) is 4.63. The summed E-state index contributed by atoms with van der Waals surface area (Å²) in [5.74, 6) is -0.566. The van der Waals surface area contributed by atoms with E-state index in [0.717, 1.165) is 28.1 Å². The first-order valence-electron chi connectivity index (χ1n) is 12.2. The summed E-state index contributed by atoms with van der Waals surface area (Å²) in [5, 5.41) is 15.4. The van der Waals surface area contributed by atoms with Crippen molar-refractivity contribution in [1.82, 2.24) is 19.9 Å². The number of likely N-dealkylation sites (N-methyl/N-ethyl adjacent to an activating group) is 1. The molecule has 3 aliphatic rings. The third-order valence-corrected chi connectivity index (χ3v) is 6.72. The quantitative estimate of drug-likeness (QED) is 0.515. The summed E-state index contributed by atoms with van der Waals surface area (Å²) in [5.41, 5.74) is 11.6. The molecule has 1 atom stereocenters. The monoisotopic (exact) mass is 510 g/mol. The average molecular weight is 511 g/mol. The van der Waals surface area contributed by atoms with Gasteiger partial charge >= 0.3 is 0 Å². The predicted octanol–water partition coefficient (Wildman–Crippen LogP) is 2.78. The topological polar surface area (TPSA) is 93.1 Å². The molecule has 1 amide bonds. The molecule has 0 fully saturated rings. The van der Waals surface area contributed by atoms with Gasteiger partial charge in [-0.25, -0.2) is 0 Å². The highest BCUT2D eigenvalue weighted by Gasteiger charge is 2.31. The average Bonchev–Trinajstić information content (AvgIpc) is 2.92. The first-order valence-corrected chi connectivity index (χ1v) is 12.2. The standard InChI is InChI=1S/C29H30N6O3/c1-32(2)22-8-9-24-19(14-22)10-13-35(28(24)37)27-7-5-6-23(25(27)18-36)20-15-26(29(38)33(3)17-20)31-21-11-12-34(4)30-16-21/h5-9,11-17,24,30-31,36H,18H2,1-4H3. The Kier molecular flexibility index (Phi) is 6.55. The lowest BCUT2D eigenvalue weighted by Gasteiger charge is -2.30. The van der Waals surface area contributed by atoms with E-state index in [0.29, 0.717) is 16.9 Å². The molecule has 38 heavy (non-hydrogen) atoms. The van der Waals surface area contributed by atoms with Crippen molar-refractivity contribution in [2.75, 3.05) is 31.4 Å². The Bertz CT molecular complexity index is 1550. The van der Waals surface area contributed by atoms with Crippen LogP contribution in [0.4, 0.5) is 11.4 Å². The van der Waals surface area contributed by atoms with Crippen LogP contribution in [-0.4, -0.2) is 46.6 Å². The minimum atomic E-state index is -0.447. The minimum absolute atomic E-state index is 0.118. The number of aliphatic hydroxyl groups excluding tert-OH is 1. The second-order valence-electron chi connectivity index (χ2n) is 9.54. The van der Waals surface area contributed by atoms with E-state index in [2.05, 4.69) is 16.5 Å². The van der Waals surface area contributed by atoms with Gasteiger partial charge in [-0.15, -0.1) is 0 Å². The number of hydrogen-bond donors (Lipinski definition) is 3. The van der Waals surface area contributed by atoms with Crippen molar-refractivity contribution in [1.29, 1.82) is 0 Å². The number of amides is 1. The number of hydrogen-bond acceptors (Lipinski definition) is 7. The van der Waals surface area contributed by atoms with Crippen LogP contribution in [0.2, 0.25) is 0 Å². The van der Waals surface area contributed by atoms with Crippen LogP contribution < -0.4 is 21.2 Å². The summed E-state index contributed by atoms with van der Waals surface area (Å²) < 4.78 is 1.50. The van der Waals surface area contributed by atoms with E-state index < -0.39 is 5.92 Å². The van der Waals surface area contributed by atoms with Crippen LogP contribution in [0, 0.1) is 5.92 Å². The highest BCUT2D eigenvalue weighted by atomic mass is 16.3. The number of aromatic nitrogens is 1. The number of fused-ring (bicyclic) bond motifs is 1. The normalized spacial score (nSPS) is 18.0. The Morgan fingerprint density at radius 2 is 2.00 bits per heavy atom. The van der Waals surface area contributed by atoms with E-state index >= 15 is 0 Å². The van der Waals surface area contributed by atoms with Gasteiger partial charge < -0.3 is 25.3 Å². The molecule has 3 heterocycles. The second kappa shape index (κ2) is 9.97. The van der Waals surface area contributed by atoms with E-state index in [1.807, 2.05) is 74.7 Å². The highest BCUT2D eigenvalue weighted by molar-refractivity contribution is 6.02. The zero-order chi connectivity index (χ0) is 27.0. The van der Waals surface area contributed by atoms with Crippen molar-refractivity contribution in [2.24, 2.45) is 13.0 Å². The smallest absolute Gasteiger partial charge is 0.274 e. The molecule has 0 spiro atoms. The van der Waals surface area contributed by atoms with E-state index in [1.54, 1.807) is 41.6 Å². The molecule has 0 bridgehead atoms. The molecule has 9 heteroatoms. The van der Waals surface area contributed by atoms with Gasteiger partial charge in [0.25, 0.3) is 5.56 Å².